The molecule has 33 heavy (non-hydrogen) atoms. The number of halogens is 3. The van der Waals surface area contributed by atoms with E-state index in [9.17, 15) is 18.0 Å². The van der Waals surface area contributed by atoms with Crippen LogP contribution in [0, 0.1) is 0 Å². The van der Waals surface area contributed by atoms with E-state index in [2.05, 4.69) is 15.4 Å². The van der Waals surface area contributed by atoms with Crippen LogP contribution in [-0.4, -0.2) is 57.7 Å². The molecule has 0 unspecified atom stereocenters. The van der Waals surface area contributed by atoms with Crippen LogP contribution in [0.25, 0.3) is 21.9 Å². The van der Waals surface area contributed by atoms with E-state index in [0.29, 0.717) is 38.3 Å². The van der Waals surface area contributed by atoms with Crippen LogP contribution in [0.3, 0.4) is 0 Å². The molecule has 5 rings (SSSR count). The molecular formula is C21H20F3N5O4. The first-order valence-electron chi connectivity index (χ1n) is 10.3. The van der Waals surface area contributed by atoms with Crippen LogP contribution in [0.4, 0.5) is 13.2 Å². The monoisotopic (exact) mass is 463 g/mol. The number of benzene rings is 1. The van der Waals surface area contributed by atoms with Gasteiger partial charge in [-0.25, -0.2) is 4.98 Å². The van der Waals surface area contributed by atoms with Crippen molar-refractivity contribution in [3.05, 3.63) is 48.4 Å². The molecule has 12 heteroatoms. The van der Waals surface area contributed by atoms with Crippen LogP contribution in [0.2, 0.25) is 0 Å². The standard InChI is InChI=1S/C21H20F3N5O4/c22-21(23,24)17-16-15(33-19(17)20(30)26-4-6-28-5-3-25-12-28)2-1-13-9-29(27-18(13)16)10-14-11-31-7-8-32-14/h1-3,5,9,12,14H,4,6-8,10-11H2,(H,26,30)/t14-/m0/s1. The maximum atomic E-state index is 14.1. The Bertz CT molecular complexity index is 1270. The quantitative estimate of drug-likeness (QED) is 0.473. The lowest BCUT2D eigenvalue weighted by Crippen LogP contribution is -2.32. The molecule has 1 aliphatic rings. The van der Waals surface area contributed by atoms with Gasteiger partial charge in [-0.15, -0.1) is 0 Å². The molecular weight excluding hydrogens is 443 g/mol. The van der Waals surface area contributed by atoms with Gasteiger partial charge in [0.2, 0.25) is 5.76 Å². The Balaban J connectivity index is 1.48. The fourth-order valence-corrected chi connectivity index (χ4v) is 3.89. The Hall–Kier alpha value is -3.38. The second-order valence-electron chi connectivity index (χ2n) is 7.66. The number of ether oxygens (including phenoxy) is 2. The number of carbonyl (C=O) groups excluding carboxylic acids is 1. The second-order valence-corrected chi connectivity index (χ2v) is 7.66. The summed E-state index contributed by atoms with van der Waals surface area (Å²) in [6.45, 7) is 2.14. The minimum Gasteiger partial charge on any atom is -0.450 e. The average molecular weight is 463 g/mol. The van der Waals surface area contributed by atoms with E-state index in [4.69, 9.17) is 13.9 Å². The van der Waals surface area contributed by atoms with Crippen molar-refractivity contribution in [1.82, 2.24) is 24.6 Å². The summed E-state index contributed by atoms with van der Waals surface area (Å²) in [7, 11) is 0. The Labute approximate surface area is 185 Å². The summed E-state index contributed by atoms with van der Waals surface area (Å²) in [4.78, 5) is 16.5. The summed E-state index contributed by atoms with van der Waals surface area (Å²) in [6, 6.07) is 3.03. The summed E-state index contributed by atoms with van der Waals surface area (Å²) >= 11 is 0. The van der Waals surface area contributed by atoms with Gasteiger partial charge < -0.3 is 23.8 Å². The number of rotatable bonds is 6. The largest absolute Gasteiger partial charge is 0.450 e. The summed E-state index contributed by atoms with van der Waals surface area (Å²) in [5.41, 5.74) is -1.08. The summed E-state index contributed by atoms with van der Waals surface area (Å²) in [5, 5.41) is 7.10. The Morgan fingerprint density at radius 1 is 1.27 bits per heavy atom. The first-order chi connectivity index (χ1) is 15.9. The molecule has 0 aliphatic carbocycles. The molecule has 1 N–H and O–H groups in total. The molecule has 1 amide bonds. The highest BCUT2D eigenvalue weighted by Gasteiger charge is 2.41. The van der Waals surface area contributed by atoms with Gasteiger partial charge in [0.25, 0.3) is 5.91 Å². The van der Waals surface area contributed by atoms with Crippen LogP contribution in [0.15, 0.2) is 41.5 Å². The smallest absolute Gasteiger partial charge is 0.421 e. The highest BCUT2D eigenvalue weighted by Crippen LogP contribution is 2.42. The molecule has 4 aromatic rings. The Kier molecular flexibility index (Phi) is 5.54. The molecule has 3 aromatic heterocycles. The summed E-state index contributed by atoms with van der Waals surface area (Å²) in [5.74, 6) is -1.73. The highest BCUT2D eigenvalue weighted by atomic mass is 19.4. The summed E-state index contributed by atoms with van der Waals surface area (Å²) < 4.78 is 61.9. The molecule has 0 radical (unpaired) electrons. The third kappa shape index (κ3) is 4.31. The molecule has 4 heterocycles. The lowest BCUT2D eigenvalue weighted by atomic mass is 10.1. The molecule has 1 saturated heterocycles. The minimum atomic E-state index is -4.82. The third-order valence-corrected chi connectivity index (χ3v) is 5.36. The van der Waals surface area contributed by atoms with Crippen LogP contribution in [0.1, 0.15) is 16.1 Å². The first kappa shape index (κ1) is 21.5. The number of amides is 1. The molecule has 1 aliphatic heterocycles. The SMILES string of the molecule is O=C(NCCn1ccnc1)c1oc2ccc3cn(C[C@H]4COCCO4)nc3c2c1C(F)(F)F. The van der Waals surface area contributed by atoms with Crippen molar-refractivity contribution in [1.29, 1.82) is 0 Å². The van der Waals surface area contributed by atoms with E-state index in [-0.39, 0.29) is 29.1 Å². The van der Waals surface area contributed by atoms with Gasteiger partial charge in [-0.3, -0.25) is 9.48 Å². The van der Waals surface area contributed by atoms with E-state index in [1.807, 2.05) is 0 Å². The van der Waals surface area contributed by atoms with Crippen molar-refractivity contribution in [2.75, 3.05) is 26.4 Å². The van der Waals surface area contributed by atoms with Gasteiger partial charge >= 0.3 is 6.18 Å². The van der Waals surface area contributed by atoms with Gasteiger partial charge in [0, 0.05) is 37.1 Å². The topological polar surface area (TPSA) is 96.3 Å². The molecule has 0 bridgehead atoms. The number of furan rings is 1. The lowest BCUT2D eigenvalue weighted by molar-refractivity contribution is -0.137. The maximum absolute atomic E-state index is 14.1. The zero-order valence-electron chi connectivity index (χ0n) is 17.3. The zero-order chi connectivity index (χ0) is 23.0. The van der Waals surface area contributed by atoms with Gasteiger partial charge in [-0.05, 0) is 12.1 Å². The number of nitrogens with one attached hydrogen (secondary N) is 1. The Morgan fingerprint density at radius 3 is 2.88 bits per heavy atom. The van der Waals surface area contributed by atoms with Crippen molar-refractivity contribution in [3.8, 4) is 0 Å². The normalized spacial score (nSPS) is 17.1. The number of alkyl halides is 3. The molecule has 0 saturated carbocycles. The van der Waals surface area contributed by atoms with Crippen molar-refractivity contribution < 1.29 is 31.9 Å². The molecule has 1 aromatic carbocycles. The number of fused-ring (bicyclic) bond motifs is 3. The van der Waals surface area contributed by atoms with E-state index in [1.54, 1.807) is 35.6 Å². The van der Waals surface area contributed by atoms with Crippen molar-refractivity contribution >= 4 is 27.8 Å². The predicted octanol–water partition coefficient (Wildman–Crippen LogP) is 2.84. The number of imidazole rings is 1. The third-order valence-electron chi connectivity index (χ3n) is 5.36. The summed E-state index contributed by atoms with van der Waals surface area (Å²) in [6.07, 6.45) is 1.39. The van der Waals surface area contributed by atoms with Gasteiger partial charge in [-0.1, -0.05) is 0 Å². The van der Waals surface area contributed by atoms with E-state index < -0.39 is 23.4 Å². The van der Waals surface area contributed by atoms with Gasteiger partial charge in [-0.2, -0.15) is 18.3 Å². The van der Waals surface area contributed by atoms with Gasteiger partial charge in [0.05, 0.1) is 38.1 Å². The number of hydrogen-bond donors (Lipinski definition) is 1. The van der Waals surface area contributed by atoms with Crippen LogP contribution in [0.5, 0.6) is 0 Å². The van der Waals surface area contributed by atoms with Crippen molar-refractivity contribution in [3.63, 3.8) is 0 Å². The number of nitrogens with zero attached hydrogens (tertiary/aromatic N) is 4. The second kappa shape index (κ2) is 8.52. The molecule has 1 fully saturated rings. The van der Waals surface area contributed by atoms with E-state index in [0.717, 1.165) is 0 Å². The molecule has 0 spiro atoms. The average Bonchev–Trinajstić information content (AvgIpc) is 3.51. The predicted molar refractivity (Wildman–Crippen MR) is 110 cm³/mol. The highest BCUT2D eigenvalue weighted by molar-refractivity contribution is 6.09. The first-order valence-corrected chi connectivity index (χ1v) is 10.3. The number of aromatic nitrogens is 4. The van der Waals surface area contributed by atoms with Crippen LogP contribution >= 0.6 is 0 Å². The fraction of sp³-hybridized carbons (Fsp3) is 0.381. The van der Waals surface area contributed by atoms with E-state index in [1.165, 1.54) is 10.7 Å². The van der Waals surface area contributed by atoms with Gasteiger partial charge in [0.1, 0.15) is 22.8 Å². The Morgan fingerprint density at radius 2 is 2.15 bits per heavy atom. The fourth-order valence-electron chi connectivity index (χ4n) is 3.89. The molecule has 174 valence electrons. The number of carbonyl (C=O) groups is 1. The van der Waals surface area contributed by atoms with Crippen molar-refractivity contribution in [2.45, 2.75) is 25.4 Å². The minimum absolute atomic E-state index is 0.0583. The number of hydrogen-bond acceptors (Lipinski definition) is 6. The lowest BCUT2D eigenvalue weighted by Gasteiger charge is -2.22. The van der Waals surface area contributed by atoms with Crippen molar-refractivity contribution in [2.24, 2.45) is 0 Å². The maximum Gasteiger partial charge on any atom is 0.421 e. The van der Waals surface area contributed by atoms with Crippen LogP contribution in [-0.2, 0) is 28.7 Å². The molecule has 9 nitrogen and oxygen atoms in total. The molecule has 1 atom stereocenters. The van der Waals surface area contributed by atoms with Crippen LogP contribution < -0.4 is 5.32 Å². The van der Waals surface area contributed by atoms with Gasteiger partial charge in [0.15, 0.2) is 0 Å². The zero-order valence-corrected chi connectivity index (χ0v) is 17.3. The van der Waals surface area contributed by atoms with E-state index >= 15 is 0 Å².